The summed E-state index contributed by atoms with van der Waals surface area (Å²) in [6, 6.07) is 5.82. The van der Waals surface area contributed by atoms with E-state index in [1.807, 2.05) is 18.2 Å². The predicted molar refractivity (Wildman–Crippen MR) is 99.4 cm³/mol. The third-order valence-electron chi connectivity index (χ3n) is 5.60. The Morgan fingerprint density at radius 1 is 1.14 bits per heavy atom. The Bertz CT molecular complexity index is 583. The lowest BCUT2D eigenvalue weighted by molar-refractivity contribution is -0.00972. The van der Waals surface area contributed by atoms with E-state index < -0.39 is 0 Å². The molecule has 0 aromatic heterocycles. The molecule has 2 N–H and O–H groups in total. The highest BCUT2D eigenvalue weighted by Crippen LogP contribution is 2.55. The second-order valence-corrected chi connectivity index (χ2v) is 9.13. The fourth-order valence-corrected chi connectivity index (χ4v) is 6.30. The van der Waals surface area contributed by atoms with Crippen molar-refractivity contribution in [2.45, 2.75) is 44.1 Å². The van der Waals surface area contributed by atoms with Crippen LogP contribution in [0, 0.1) is 17.8 Å². The van der Waals surface area contributed by atoms with E-state index in [1.165, 1.54) is 38.5 Å². The second-order valence-electron chi connectivity index (χ2n) is 7.40. The molecule has 5 heteroatoms. The van der Waals surface area contributed by atoms with Crippen LogP contribution in [0.5, 0.6) is 0 Å². The van der Waals surface area contributed by atoms with E-state index in [-0.39, 0.29) is 5.54 Å². The highest BCUT2D eigenvalue weighted by atomic mass is 79.9. The van der Waals surface area contributed by atoms with Crippen LogP contribution in [0.15, 0.2) is 22.7 Å². The average Bonchev–Trinajstić information content (AvgIpc) is 2.39. The molecule has 4 saturated carbocycles. The van der Waals surface area contributed by atoms with Gasteiger partial charge in [0.25, 0.3) is 0 Å². The van der Waals surface area contributed by atoms with Gasteiger partial charge >= 0.3 is 0 Å². The van der Waals surface area contributed by atoms with Crippen molar-refractivity contribution in [3.63, 3.8) is 0 Å². The van der Waals surface area contributed by atoms with Crippen molar-refractivity contribution < 1.29 is 0 Å². The first-order valence-corrected chi connectivity index (χ1v) is 9.63. The Morgan fingerprint density at radius 2 is 1.73 bits per heavy atom. The molecule has 1 aromatic rings. The molecule has 1 aromatic carbocycles. The fraction of sp³-hybridized carbons (Fsp3) is 0.588. The lowest BCUT2D eigenvalue weighted by Gasteiger charge is -2.57. The van der Waals surface area contributed by atoms with Crippen molar-refractivity contribution in [3.05, 3.63) is 27.7 Å². The molecule has 0 amide bonds. The minimum Gasteiger partial charge on any atom is -0.357 e. The largest absolute Gasteiger partial charge is 0.357 e. The van der Waals surface area contributed by atoms with Crippen LogP contribution in [-0.4, -0.2) is 10.7 Å². The van der Waals surface area contributed by atoms with Gasteiger partial charge in [0.1, 0.15) is 0 Å². The zero-order valence-electron chi connectivity index (χ0n) is 12.4. The van der Waals surface area contributed by atoms with Crippen molar-refractivity contribution in [1.29, 1.82) is 0 Å². The molecule has 0 unspecified atom stereocenters. The molecule has 4 aliphatic carbocycles. The Hall–Kier alpha value is -0.320. The van der Waals surface area contributed by atoms with Crippen LogP contribution in [-0.2, 0) is 0 Å². The predicted octanol–water partition coefficient (Wildman–Crippen LogP) is 5.36. The summed E-state index contributed by atoms with van der Waals surface area (Å²) >= 11 is 15.3. The van der Waals surface area contributed by atoms with Gasteiger partial charge in [0.05, 0.1) is 10.7 Å². The van der Waals surface area contributed by atoms with Gasteiger partial charge in [0.2, 0.25) is 0 Å². The van der Waals surface area contributed by atoms with Gasteiger partial charge < -0.3 is 10.6 Å². The summed E-state index contributed by atoms with van der Waals surface area (Å²) in [7, 11) is 0. The van der Waals surface area contributed by atoms with Crippen molar-refractivity contribution in [2.24, 2.45) is 17.8 Å². The maximum absolute atomic E-state index is 6.27. The second kappa shape index (κ2) is 5.64. The maximum atomic E-state index is 6.27. The topological polar surface area (TPSA) is 24.1 Å². The standard InChI is InChI=1S/C17H20BrClN2S/c18-13-1-2-15(14(19)6-13)20-16(22)21-17-7-10-3-11(8-17)5-12(4-10)9-17/h1-2,6,10-12H,3-5,7-9H2,(H2,20,21,22). The Balaban J connectivity index is 1.46. The first kappa shape index (κ1) is 15.2. The summed E-state index contributed by atoms with van der Waals surface area (Å²) in [5, 5.41) is 8.34. The van der Waals surface area contributed by atoms with E-state index in [0.717, 1.165) is 27.9 Å². The Kier molecular flexibility index (Phi) is 3.90. The van der Waals surface area contributed by atoms with E-state index in [0.29, 0.717) is 10.1 Å². The normalized spacial score (nSPS) is 35.5. The molecule has 0 atom stereocenters. The highest BCUT2D eigenvalue weighted by Gasteiger charge is 2.51. The molecule has 4 fully saturated rings. The molecule has 4 bridgehead atoms. The Labute approximate surface area is 150 Å². The SMILES string of the molecule is S=C(Nc1ccc(Br)cc1Cl)NC12CC3CC(CC(C3)C1)C2. The molecule has 22 heavy (non-hydrogen) atoms. The van der Waals surface area contributed by atoms with E-state index >= 15 is 0 Å². The molecular formula is C17H20BrClN2S. The summed E-state index contributed by atoms with van der Waals surface area (Å²) in [5.74, 6) is 2.74. The minimum absolute atomic E-state index is 0.237. The zero-order chi connectivity index (χ0) is 15.3. The molecule has 0 saturated heterocycles. The van der Waals surface area contributed by atoms with E-state index in [1.54, 1.807) is 0 Å². The third-order valence-corrected chi connectivity index (χ3v) is 6.61. The minimum atomic E-state index is 0.237. The molecule has 0 aliphatic heterocycles. The highest BCUT2D eigenvalue weighted by molar-refractivity contribution is 9.10. The molecule has 5 rings (SSSR count). The van der Waals surface area contributed by atoms with Crippen molar-refractivity contribution in [1.82, 2.24) is 5.32 Å². The van der Waals surface area contributed by atoms with Gasteiger partial charge in [0.15, 0.2) is 5.11 Å². The fourth-order valence-electron chi connectivity index (χ4n) is 5.25. The van der Waals surface area contributed by atoms with E-state index in [2.05, 4.69) is 26.6 Å². The average molecular weight is 400 g/mol. The number of hydrogen-bond acceptors (Lipinski definition) is 1. The van der Waals surface area contributed by atoms with Gasteiger partial charge in [-0.25, -0.2) is 0 Å². The van der Waals surface area contributed by atoms with Crippen LogP contribution in [0.4, 0.5) is 5.69 Å². The number of nitrogens with one attached hydrogen (secondary N) is 2. The van der Waals surface area contributed by atoms with Gasteiger partial charge in [0, 0.05) is 10.0 Å². The smallest absolute Gasteiger partial charge is 0.171 e. The number of rotatable bonds is 2. The summed E-state index contributed by atoms with van der Waals surface area (Å²) in [6.07, 6.45) is 8.19. The molecule has 0 radical (unpaired) electrons. The quantitative estimate of drug-likeness (QED) is 0.655. The van der Waals surface area contributed by atoms with E-state index in [4.69, 9.17) is 23.8 Å². The van der Waals surface area contributed by atoms with Crippen LogP contribution < -0.4 is 10.6 Å². The molecule has 118 valence electrons. The van der Waals surface area contributed by atoms with Crippen molar-refractivity contribution >= 4 is 50.5 Å². The van der Waals surface area contributed by atoms with Gasteiger partial charge in [-0.05, 0) is 86.7 Å². The lowest BCUT2D eigenvalue weighted by Crippen LogP contribution is -2.60. The summed E-state index contributed by atoms with van der Waals surface area (Å²) in [6.45, 7) is 0. The number of thiocarbonyl (C=S) groups is 1. The maximum Gasteiger partial charge on any atom is 0.171 e. The first-order valence-electron chi connectivity index (χ1n) is 8.06. The number of anilines is 1. The molecule has 4 aliphatic rings. The van der Waals surface area contributed by atoms with Crippen LogP contribution in [0.25, 0.3) is 0 Å². The summed E-state index contributed by atoms with van der Waals surface area (Å²) in [4.78, 5) is 0. The van der Waals surface area contributed by atoms with Crippen LogP contribution in [0.3, 0.4) is 0 Å². The molecule has 0 heterocycles. The van der Waals surface area contributed by atoms with Crippen molar-refractivity contribution in [3.8, 4) is 0 Å². The van der Waals surface area contributed by atoms with E-state index in [9.17, 15) is 0 Å². The number of benzene rings is 1. The number of hydrogen-bond donors (Lipinski definition) is 2. The monoisotopic (exact) mass is 398 g/mol. The third kappa shape index (κ3) is 2.90. The number of halogens is 2. The molecule has 2 nitrogen and oxygen atoms in total. The van der Waals surface area contributed by atoms with Gasteiger partial charge in [-0.15, -0.1) is 0 Å². The van der Waals surface area contributed by atoms with Gasteiger partial charge in [-0.2, -0.15) is 0 Å². The first-order chi connectivity index (χ1) is 10.5. The lowest BCUT2D eigenvalue weighted by atomic mass is 9.53. The van der Waals surface area contributed by atoms with Crippen LogP contribution in [0.1, 0.15) is 38.5 Å². The van der Waals surface area contributed by atoms with Crippen LogP contribution >= 0.6 is 39.7 Å². The van der Waals surface area contributed by atoms with Gasteiger partial charge in [-0.1, -0.05) is 27.5 Å². The van der Waals surface area contributed by atoms with Crippen molar-refractivity contribution in [2.75, 3.05) is 5.32 Å². The molecule has 0 spiro atoms. The van der Waals surface area contributed by atoms with Gasteiger partial charge in [-0.3, -0.25) is 0 Å². The Morgan fingerprint density at radius 3 is 2.27 bits per heavy atom. The van der Waals surface area contributed by atoms with Crippen LogP contribution in [0.2, 0.25) is 5.02 Å². The summed E-state index contributed by atoms with van der Waals surface area (Å²) < 4.78 is 0.975. The zero-order valence-corrected chi connectivity index (χ0v) is 15.5. The molecular weight excluding hydrogens is 380 g/mol. The summed E-state index contributed by atoms with van der Waals surface area (Å²) in [5.41, 5.74) is 1.10.